The van der Waals surface area contributed by atoms with Gasteiger partial charge in [0.15, 0.2) is 0 Å². The Morgan fingerprint density at radius 3 is 2.64 bits per heavy atom. The van der Waals surface area contributed by atoms with Gasteiger partial charge in [-0.2, -0.15) is 5.26 Å². The van der Waals surface area contributed by atoms with E-state index in [0.29, 0.717) is 6.54 Å². The largest absolute Gasteiger partial charge is 0.389 e. The zero-order chi connectivity index (χ0) is 10.6. The van der Waals surface area contributed by atoms with E-state index < -0.39 is 5.60 Å². The summed E-state index contributed by atoms with van der Waals surface area (Å²) in [6, 6.07) is 2.33. The summed E-state index contributed by atoms with van der Waals surface area (Å²) in [5.41, 5.74) is -0.598. The maximum absolute atomic E-state index is 10.2. The number of hydrogen-bond donors (Lipinski definition) is 1. The van der Waals surface area contributed by atoms with Gasteiger partial charge in [0.2, 0.25) is 0 Å². The van der Waals surface area contributed by atoms with E-state index in [1.54, 1.807) is 0 Å². The maximum atomic E-state index is 10.2. The molecule has 0 amide bonds. The molecule has 1 saturated heterocycles. The minimum Gasteiger partial charge on any atom is -0.389 e. The van der Waals surface area contributed by atoms with Crippen molar-refractivity contribution in [2.24, 2.45) is 0 Å². The molecule has 1 N–H and O–H groups in total. The van der Waals surface area contributed by atoms with Crippen LogP contribution in [-0.2, 0) is 0 Å². The van der Waals surface area contributed by atoms with Gasteiger partial charge < -0.3 is 5.11 Å². The molecule has 1 fully saturated rings. The first-order chi connectivity index (χ1) is 6.65. The lowest BCUT2D eigenvalue weighted by Crippen LogP contribution is -2.44. The van der Waals surface area contributed by atoms with E-state index in [1.165, 1.54) is 0 Å². The Balaban J connectivity index is 2.54. The van der Waals surface area contributed by atoms with E-state index in [1.807, 2.05) is 13.8 Å². The van der Waals surface area contributed by atoms with Crippen molar-refractivity contribution in [2.75, 3.05) is 13.1 Å². The molecule has 0 aromatic rings. The van der Waals surface area contributed by atoms with Crippen LogP contribution in [0.15, 0.2) is 0 Å². The predicted octanol–water partition coefficient (Wildman–Crippen LogP) is 1.53. The van der Waals surface area contributed by atoms with Gasteiger partial charge in [0.1, 0.15) is 0 Å². The fourth-order valence-electron chi connectivity index (χ4n) is 2.01. The van der Waals surface area contributed by atoms with Gasteiger partial charge in [0.25, 0.3) is 0 Å². The first-order valence-electron chi connectivity index (χ1n) is 5.51. The third kappa shape index (κ3) is 2.46. The van der Waals surface area contributed by atoms with Gasteiger partial charge in [0.05, 0.1) is 17.7 Å². The zero-order valence-electron chi connectivity index (χ0n) is 9.16. The summed E-state index contributed by atoms with van der Waals surface area (Å²) in [6.07, 6.45) is 3.57. The third-order valence-electron chi connectivity index (χ3n) is 3.33. The normalized spacial score (nSPS) is 23.7. The van der Waals surface area contributed by atoms with E-state index in [4.69, 9.17) is 5.26 Å². The molecule has 0 aliphatic carbocycles. The Kier molecular flexibility index (Phi) is 3.91. The summed E-state index contributed by atoms with van der Waals surface area (Å²) in [7, 11) is 0. The molecular formula is C11H20N2O. The highest BCUT2D eigenvalue weighted by Gasteiger charge is 2.31. The fraction of sp³-hybridized carbons (Fsp3) is 0.909. The average molecular weight is 196 g/mol. The monoisotopic (exact) mass is 196 g/mol. The van der Waals surface area contributed by atoms with Gasteiger partial charge in [0, 0.05) is 6.54 Å². The molecule has 1 atom stereocenters. The van der Waals surface area contributed by atoms with E-state index in [2.05, 4.69) is 11.0 Å². The molecule has 1 heterocycles. The lowest BCUT2D eigenvalue weighted by atomic mass is 9.96. The van der Waals surface area contributed by atoms with Crippen molar-refractivity contribution in [3.05, 3.63) is 0 Å². The number of aliphatic hydroxyl groups is 1. The highest BCUT2D eigenvalue weighted by Crippen LogP contribution is 2.23. The molecule has 0 bridgehead atoms. The molecule has 1 aliphatic rings. The second-order valence-electron chi connectivity index (χ2n) is 4.19. The van der Waals surface area contributed by atoms with Crippen LogP contribution in [0.25, 0.3) is 0 Å². The topological polar surface area (TPSA) is 47.3 Å². The second-order valence-corrected chi connectivity index (χ2v) is 4.19. The van der Waals surface area contributed by atoms with Crippen LogP contribution >= 0.6 is 0 Å². The van der Waals surface area contributed by atoms with E-state index in [9.17, 15) is 5.11 Å². The SMILES string of the molecule is CCC(O)(CC)CN1CCCC1C#N. The van der Waals surface area contributed by atoms with Crippen LogP contribution in [0.3, 0.4) is 0 Å². The molecule has 3 nitrogen and oxygen atoms in total. The fourth-order valence-corrected chi connectivity index (χ4v) is 2.01. The molecule has 0 radical (unpaired) electrons. The van der Waals surface area contributed by atoms with Gasteiger partial charge in [-0.05, 0) is 32.2 Å². The van der Waals surface area contributed by atoms with Crippen LogP contribution in [0.5, 0.6) is 0 Å². The van der Waals surface area contributed by atoms with Gasteiger partial charge >= 0.3 is 0 Å². The Hall–Kier alpha value is -0.590. The smallest absolute Gasteiger partial charge is 0.0979 e. The molecular weight excluding hydrogens is 176 g/mol. The third-order valence-corrected chi connectivity index (χ3v) is 3.33. The number of likely N-dealkylation sites (tertiary alicyclic amines) is 1. The average Bonchev–Trinajstić information content (AvgIpc) is 2.65. The molecule has 0 aromatic carbocycles. The minimum atomic E-state index is -0.598. The van der Waals surface area contributed by atoms with Crippen LogP contribution in [0.2, 0.25) is 0 Å². The van der Waals surface area contributed by atoms with E-state index >= 15 is 0 Å². The van der Waals surface area contributed by atoms with Crippen LogP contribution in [0.4, 0.5) is 0 Å². The van der Waals surface area contributed by atoms with Crippen LogP contribution in [0.1, 0.15) is 39.5 Å². The van der Waals surface area contributed by atoms with E-state index in [0.717, 1.165) is 32.2 Å². The molecule has 0 saturated carbocycles. The van der Waals surface area contributed by atoms with Crippen LogP contribution in [0, 0.1) is 11.3 Å². The Morgan fingerprint density at radius 2 is 2.14 bits per heavy atom. The van der Waals surface area contributed by atoms with Gasteiger partial charge in [-0.3, -0.25) is 4.90 Å². The van der Waals surface area contributed by atoms with Gasteiger partial charge in [-0.25, -0.2) is 0 Å². The Morgan fingerprint density at radius 1 is 1.50 bits per heavy atom. The van der Waals surface area contributed by atoms with E-state index in [-0.39, 0.29) is 6.04 Å². The molecule has 3 heteroatoms. The van der Waals surface area contributed by atoms with Crippen molar-refractivity contribution in [3.8, 4) is 6.07 Å². The highest BCUT2D eigenvalue weighted by atomic mass is 16.3. The molecule has 80 valence electrons. The van der Waals surface area contributed by atoms with Crippen LogP contribution < -0.4 is 0 Å². The molecule has 14 heavy (non-hydrogen) atoms. The van der Waals surface area contributed by atoms with Crippen LogP contribution in [-0.4, -0.2) is 34.7 Å². The number of β-amino-alcohol motifs (C(OH)–C–C–N with tert-alkyl or cyclic N) is 1. The van der Waals surface area contributed by atoms with Gasteiger partial charge in [-0.15, -0.1) is 0 Å². The van der Waals surface area contributed by atoms with Gasteiger partial charge in [-0.1, -0.05) is 13.8 Å². The first kappa shape index (κ1) is 11.5. The Labute approximate surface area is 86.3 Å². The van der Waals surface area contributed by atoms with Crippen molar-refractivity contribution >= 4 is 0 Å². The summed E-state index contributed by atoms with van der Waals surface area (Å²) in [6.45, 7) is 5.61. The quantitative estimate of drug-likeness (QED) is 0.741. The first-order valence-corrected chi connectivity index (χ1v) is 5.51. The highest BCUT2D eigenvalue weighted by molar-refractivity contribution is 4.98. The summed E-state index contributed by atoms with van der Waals surface area (Å²) in [4.78, 5) is 2.12. The number of nitrogens with zero attached hydrogens (tertiary/aromatic N) is 2. The van der Waals surface area contributed by atoms with Crippen molar-refractivity contribution in [3.63, 3.8) is 0 Å². The summed E-state index contributed by atoms with van der Waals surface area (Å²) >= 11 is 0. The number of rotatable bonds is 4. The number of nitriles is 1. The Bertz CT molecular complexity index is 218. The summed E-state index contributed by atoms with van der Waals surface area (Å²) in [5, 5.41) is 19.1. The lowest BCUT2D eigenvalue weighted by molar-refractivity contribution is -0.00226. The molecule has 1 rings (SSSR count). The summed E-state index contributed by atoms with van der Waals surface area (Å²) < 4.78 is 0. The molecule has 0 aromatic heterocycles. The lowest BCUT2D eigenvalue weighted by Gasteiger charge is -2.31. The zero-order valence-corrected chi connectivity index (χ0v) is 9.16. The summed E-state index contributed by atoms with van der Waals surface area (Å²) in [5.74, 6) is 0. The van der Waals surface area contributed by atoms with Crippen molar-refractivity contribution in [2.45, 2.75) is 51.2 Å². The minimum absolute atomic E-state index is 0.0274. The maximum Gasteiger partial charge on any atom is 0.0979 e. The van der Waals surface area contributed by atoms with Crippen molar-refractivity contribution < 1.29 is 5.11 Å². The molecule has 0 spiro atoms. The standard InChI is InChI=1S/C11H20N2O/c1-3-11(14,4-2)9-13-7-5-6-10(13)8-12/h10,14H,3-7,9H2,1-2H3. The molecule has 1 unspecified atom stereocenters. The number of hydrogen-bond acceptors (Lipinski definition) is 3. The molecule has 1 aliphatic heterocycles. The predicted molar refractivity (Wildman–Crippen MR) is 55.7 cm³/mol. The van der Waals surface area contributed by atoms with Crippen molar-refractivity contribution in [1.82, 2.24) is 4.90 Å². The second kappa shape index (κ2) is 4.77. The van der Waals surface area contributed by atoms with Crippen molar-refractivity contribution in [1.29, 1.82) is 5.26 Å².